The van der Waals surface area contributed by atoms with Gasteiger partial charge in [0.05, 0.1) is 19.8 Å². The van der Waals surface area contributed by atoms with Gasteiger partial charge in [0.2, 0.25) is 0 Å². The van der Waals surface area contributed by atoms with Gasteiger partial charge in [0.15, 0.2) is 18.7 Å². The second-order valence-corrected chi connectivity index (χ2v) is 18.7. The fourth-order valence-electron chi connectivity index (χ4n) is 8.31. The molecule has 0 bridgehead atoms. The van der Waals surface area contributed by atoms with E-state index in [9.17, 15) is 45.3 Å². The number of allylic oxidation sites excluding steroid dienone is 4. The molecule has 0 radical (unpaired) electrons. The molecule has 2 aliphatic rings. The molecule has 0 spiro atoms. The van der Waals surface area contributed by atoms with Crippen LogP contribution in [0.3, 0.4) is 0 Å². The van der Waals surface area contributed by atoms with Crippen LogP contribution in [0.15, 0.2) is 24.3 Å². The van der Waals surface area contributed by atoms with Gasteiger partial charge in [0.1, 0.15) is 55.4 Å². The molecule has 2 saturated heterocycles. The summed E-state index contributed by atoms with van der Waals surface area (Å²) >= 11 is 0. The van der Waals surface area contributed by atoms with E-state index in [1.54, 1.807) is 0 Å². The third-order valence-corrected chi connectivity index (χ3v) is 12.7. The Morgan fingerprint density at radius 1 is 0.478 bits per heavy atom. The van der Waals surface area contributed by atoms with Crippen molar-refractivity contribution >= 4 is 11.9 Å². The zero-order valence-electron chi connectivity index (χ0n) is 41.4. The smallest absolute Gasteiger partial charge is 0.306 e. The highest BCUT2D eigenvalue weighted by atomic mass is 16.7. The summed E-state index contributed by atoms with van der Waals surface area (Å²) in [5.41, 5.74) is 0. The Balaban J connectivity index is 1.73. The summed E-state index contributed by atoms with van der Waals surface area (Å²) in [6.07, 6.45) is 23.7. The fourth-order valence-corrected chi connectivity index (χ4v) is 8.31. The molecule has 2 rings (SSSR count). The zero-order valence-corrected chi connectivity index (χ0v) is 41.4. The second kappa shape index (κ2) is 39.7. The van der Waals surface area contributed by atoms with Crippen LogP contribution in [-0.4, -0.2) is 142 Å². The van der Waals surface area contributed by atoms with Crippen molar-refractivity contribution in [3.8, 4) is 0 Å². The third kappa shape index (κ3) is 27.8. The van der Waals surface area contributed by atoms with Gasteiger partial charge < -0.3 is 64.2 Å². The number of aliphatic hydroxyl groups is 7. The molecule has 0 aromatic heterocycles. The molecule has 67 heavy (non-hydrogen) atoms. The molecule has 2 fully saturated rings. The van der Waals surface area contributed by atoms with E-state index >= 15 is 0 Å². The van der Waals surface area contributed by atoms with Crippen LogP contribution < -0.4 is 0 Å². The molecule has 2 heterocycles. The minimum atomic E-state index is -1.76. The van der Waals surface area contributed by atoms with Gasteiger partial charge in [-0.25, -0.2) is 0 Å². The van der Waals surface area contributed by atoms with Crippen LogP contribution in [0.1, 0.15) is 200 Å². The normalized spacial score (nSPS) is 26.1. The van der Waals surface area contributed by atoms with Gasteiger partial charge in [-0.3, -0.25) is 9.59 Å². The Bertz CT molecular complexity index is 1270. The van der Waals surface area contributed by atoms with Crippen LogP contribution in [0.4, 0.5) is 0 Å². The van der Waals surface area contributed by atoms with E-state index in [0.717, 1.165) is 51.4 Å². The highest BCUT2D eigenvalue weighted by Crippen LogP contribution is 2.26. The van der Waals surface area contributed by atoms with E-state index in [1.165, 1.54) is 109 Å². The first-order chi connectivity index (χ1) is 32.5. The Morgan fingerprint density at radius 3 is 1.39 bits per heavy atom. The van der Waals surface area contributed by atoms with Gasteiger partial charge in [0, 0.05) is 12.8 Å². The van der Waals surface area contributed by atoms with Gasteiger partial charge in [-0.15, -0.1) is 0 Å². The van der Waals surface area contributed by atoms with E-state index in [1.807, 2.05) is 0 Å². The largest absolute Gasteiger partial charge is 0.462 e. The molecular weight excluding hydrogens is 865 g/mol. The molecule has 7 N–H and O–H groups in total. The minimum absolute atomic E-state index is 0.165. The van der Waals surface area contributed by atoms with Crippen molar-refractivity contribution < 1.29 is 73.8 Å². The Morgan fingerprint density at radius 2 is 0.896 bits per heavy atom. The Hall–Kier alpha value is -2.02. The molecule has 11 atom stereocenters. The van der Waals surface area contributed by atoms with E-state index in [0.29, 0.717) is 12.8 Å². The third-order valence-electron chi connectivity index (χ3n) is 12.7. The molecule has 0 saturated carbocycles. The molecule has 0 aliphatic carbocycles. The molecule has 11 unspecified atom stereocenters. The summed E-state index contributed by atoms with van der Waals surface area (Å²) in [5.74, 6) is -0.926. The van der Waals surface area contributed by atoms with Crippen LogP contribution in [-0.2, 0) is 38.0 Å². The number of rotatable bonds is 41. The lowest BCUT2D eigenvalue weighted by atomic mass is 9.98. The molecule has 15 nitrogen and oxygen atoms in total. The van der Waals surface area contributed by atoms with Crippen LogP contribution in [0, 0.1) is 0 Å². The van der Waals surface area contributed by atoms with E-state index < -0.39 is 92.7 Å². The van der Waals surface area contributed by atoms with Crippen LogP contribution in [0.2, 0.25) is 0 Å². The maximum absolute atomic E-state index is 13.0. The summed E-state index contributed by atoms with van der Waals surface area (Å²) in [7, 11) is 0. The predicted octanol–water partition coefficient (Wildman–Crippen LogP) is 7.55. The SMILES string of the molecule is CCCCCCC/C=C\C/C=C\CCCCCCCCCCCCCC(=O)OC(COC(=O)CCCCCCCCCC)COC1OC(COC2OC(CO)C(O)C(O)C2O)C(O)C(O)C1O. The molecule has 2 aliphatic heterocycles. The first kappa shape index (κ1) is 61.1. The number of aliphatic hydroxyl groups excluding tert-OH is 7. The second-order valence-electron chi connectivity index (χ2n) is 18.7. The predicted molar refractivity (Wildman–Crippen MR) is 257 cm³/mol. The van der Waals surface area contributed by atoms with Crippen molar-refractivity contribution in [2.24, 2.45) is 0 Å². The monoisotopic (exact) mass is 959 g/mol. The number of esters is 2. The highest BCUT2D eigenvalue weighted by molar-refractivity contribution is 5.70. The van der Waals surface area contributed by atoms with Crippen molar-refractivity contribution in [1.29, 1.82) is 0 Å². The quantitative estimate of drug-likeness (QED) is 0.0178. The summed E-state index contributed by atoms with van der Waals surface area (Å²) in [6.45, 7) is 2.55. The van der Waals surface area contributed by atoms with Crippen molar-refractivity contribution in [1.82, 2.24) is 0 Å². The zero-order chi connectivity index (χ0) is 48.9. The van der Waals surface area contributed by atoms with Crippen LogP contribution in [0.25, 0.3) is 0 Å². The molecule has 392 valence electrons. The average molecular weight is 959 g/mol. The maximum atomic E-state index is 13.0. The fraction of sp³-hybridized carbons (Fsp3) is 0.885. The molecule has 15 heteroatoms. The topological polar surface area (TPSA) is 231 Å². The number of carbonyl (C=O) groups excluding carboxylic acids is 2. The van der Waals surface area contributed by atoms with Gasteiger partial charge in [-0.2, -0.15) is 0 Å². The summed E-state index contributed by atoms with van der Waals surface area (Å²) in [5, 5.41) is 72.0. The van der Waals surface area contributed by atoms with Crippen LogP contribution in [0.5, 0.6) is 0 Å². The van der Waals surface area contributed by atoms with Gasteiger partial charge >= 0.3 is 11.9 Å². The number of carbonyl (C=O) groups is 2. The first-order valence-electron chi connectivity index (χ1n) is 26.4. The van der Waals surface area contributed by atoms with Gasteiger partial charge in [0.25, 0.3) is 0 Å². The van der Waals surface area contributed by atoms with Crippen molar-refractivity contribution in [3.05, 3.63) is 24.3 Å². The summed E-state index contributed by atoms with van der Waals surface area (Å²) in [4.78, 5) is 25.6. The highest BCUT2D eigenvalue weighted by Gasteiger charge is 2.47. The molecular formula is C52H94O15. The standard InChI is InChI=1S/C52H94O15/c1-3-5-7-9-11-13-14-15-16-17-18-19-20-21-22-23-24-25-26-27-29-31-33-35-44(55)65-40(37-62-43(54)34-32-30-28-12-10-8-6-4-2)38-63-51-50(61)48(59)46(57)42(67-51)39-64-52-49(60)47(58)45(56)41(36-53)66-52/h14-15,17-18,40-42,45-53,56-61H,3-13,16,19-39H2,1-2H3/b15-14-,18-17-. The lowest BCUT2D eigenvalue weighted by Crippen LogP contribution is -2.61. The maximum Gasteiger partial charge on any atom is 0.306 e. The Kier molecular flexibility index (Phi) is 36.2. The molecule has 0 amide bonds. The van der Waals surface area contributed by atoms with E-state index in [-0.39, 0.29) is 26.1 Å². The lowest BCUT2D eigenvalue weighted by molar-refractivity contribution is -0.332. The van der Waals surface area contributed by atoms with Gasteiger partial charge in [-0.1, -0.05) is 167 Å². The van der Waals surface area contributed by atoms with E-state index in [4.69, 9.17) is 28.4 Å². The first-order valence-corrected chi connectivity index (χ1v) is 26.4. The van der Waals surface area contributed by atoms with Crippen molar-refractivity contribution in [3.63, 3.8) is 0 Å². The van der Waals surface area contributed by atoms with Crippen molar-refractivity contribution in [2.45, 2.75) is 268 Å². The molecule has 0 aromatic carbocycles. The molecule has 0 aromatic rings. The lowest BCUT2D eigenvalue weighted by Gasteiger charge is -2.42. The van der Waals surface area contributed by atoms with E-state index in [2.05, 4.69) is 38.2 Å². The summed E-state index contributed by atoms with van der Waals surface area (Å²) < 4.78 is 33.5. The van der Waals surface area contributed by atoms with Crippen LogP contribution >= 0.6 is 0 Å². The minimum Gasteiger partial charge on any atom is -0.462 e. The van der Waals surface area contributed by atoms with Crippen molar-refractivity contribution in [2.75, 3.05) is 26.4 Å². The number of unbranched alkanes of at least 4 members (excludes halogenated alkanes) is 23. The number of hydrogen-bond acceptors (Lipinski definition) is 15. The summed E-state index contributed by atoms with van der Waals surface area (Å²) in [6, 6.07) is 0. The Labute approximate surface area is 403 Å². The number of hydrogen-bond donors (Lipinski definition) is 7. The average Bonchev–Trinajstić information content (AvgIpc) is 3.32. The van der Waals surface area contributed by atoms with Gasteiger partial charge in [-0.05, 0) is 44.9 Å². The number of ether oxygens (including phenoxy) is 6.